The van der Waals surface area contributed by atoms with Crippen LogP contribution >= 0.6 is 11.6 Å². The van der Waals surface area contributed by atoms with Gasteiger partial charge >= 0.3 is 0 Å². The van der Waals surface area contributed by atoms with Crippen molar-refractivity contribution in [2.24, 2.45) is 0 Å². The van der Waals surface area contributed by atoms with Crippen LogP contribution in [0.2, 0.25) is 5.02 Å². The van der Waals surface area contributed by atoms with Crippen LogP contribution in [0.1, 0.15) is 6.42 Å². The molecule has 0 saturated carbocycles. The molecule has 0 aliphatic carbocycles. The molecule has 1 aromatic heterocycles. The fourth-order valence-corrected chi connectivity index (χ4v) is 3.52. The molecule has 1 fully saturated rings. The van der Waals surface area contributed by atoms with Gasteiger partial charge in [0, 0.05) is 26.3 Å². The summed E-state index contributed by atoms with van der Waals surface area (Å²) in [5.41, 5.74) is 5.46. The van der Waals surface area contributed by atoms with Crippen molar-refractivity contribution in [3.63, 3.8) is 0 Å². The fraction of sp³-hybridized carbons (Fsp3) is 0.455. The first kappa shape index (κ1) is 15.0. The van der Waals surface area contributed by atoms with Crippen LogP contribution in [0.5, 0.6) is 0 Å². The van der Waals surface area contributed by atoms with E-state index in [4.69, 9.17) is 17.3 Å². The van der Waals surface area contributed by atoms with Crippen LogP contribution in [0.15, 0.2) is 17.2 Å². The first-order valence-electron chi connectivity index (χ1n) is 5.97. The minimum Gasteiger partial charge on any atom is -0.382 e. The number of hydrogen-bond donors (Lipinski definition) is 1. The third-order valence-corrected chi connectivity index (χ3v) is 5.23. The topological polar surface area (TPSA) is 96.6 Å². The number of pyridine rings is 1. The Hall–Kier alpha value is -1.38. The number of nitrogens with two attached hydrogens (primary N) is 1. The number of nitrogens with zero attached hydrogens (tertiary/aromatic N) is 3. The number of hydrogen-bond acceptors (Lipinski definition) is 5. The highest BCUT2D eigenvalue weighted by Gasteiger charge is 2.30. The molecule has 0 spiro atoms. The lowest BCUT2D eigenvalue weighted by molar-refractivity contribution is -0.129. The highest BCUT2D eigenvalue weighted by Crippen LogP contribution is 2.23. The summed E-state index contributed by atoms with van der Waals surface area (Å²) in [6.45, 7) is 0.632. The molecule has 20 heavy (non-hydrogen) atoms. The third kappa shape index (κ3) is 2.87. The van der Waals surface area contributed by atoms with Gasteiger partial charge in [-0.05, 0) is 12.5 Å². The number of anilines is 1. The number of aromatic nitrogens is 1. The molecule has 1 amide bonds. The maximum atomic E-state index is 12.5. The van der Waals surface area contributed by atoms with Crippen molar-refractivity contribution in [2.75, 3.05) is 32.4 Å². The van der Waals surface area contributed by atoms with E-state index in [9.17, 15) is 13.2 Å². The number of nitrogen functional groups attached to an aromatic ring is 1. The zero-order valence-corrected chi connectivity index (χ0v) is 12.5. The van der Waals surface area contributed by atoms with Crippen molar-refractivity contribution in [2.45, 2.75) is 11.3 Å². The molecule has 1 saturated heterocycles. The minimum absolute atomic E-state index is 0.0611. The molecule has 0 radical (unpaired) electrons. The van der Waals surface area contributed by atoms with Gasteiger partial charge in [0.2, 0.25) is 15.9 Å². The second-order valence-corrected chi connectivity index (χ2v) is 6.89. The van der Waals surface area contributed by atoms with Crippen molar-refractivity contribution in [1.82, 2.24) is 14.2 Å². The molecule has 1 aliphatic rings. The second kappa shape index (κ2) is 5.55. The quantitative estimate of drug-likeness (QED) is 0.838. The van der Waals surface area contributed by atoms with Crippen LogP contribution in [0.3, 0.4) is 0 Å². The molecule has 0 unspecified atom stereocenters. The summed E-state index contributed by atoms with van der Waals surface area (Å²) < 4.78 is 26.1. The molecule has 1 aromatic rings. The molecule has 0 bridgehead atoms. The van der Waals surface area contributed by atoms with Gasteiger partial charge in [-0.2, -0.15) is 4.31 Å². The number of likely N-dealkylation sites (N-methyl/N-ethyl adjacent to an activating group) is 1. The number of carbonyl (C=O) groups excluding carboxylic acids is 1. The SMILES string of the molecule is CN1CCCN(S(=O)(=O)c2cnc(N)c(Cl)c2)CC1=O. The predicted molar refractivity (Wildman–Crippen MR) is 74.7 cm³/mol. The summed E-state index contributed by atoms with van der Waals surface area (Å²) in [5, 5.41) is 0.0735. The van der Waals surface area contributed by atoms with E-state index in [2.05, 4.69) is 4.98 Å². The average Bonchev–Trinajstić information content (AvgIpc) is 2.56. The zero-order valence-electron chi connectivity index (χ0n) is 10.9. The minimum atomic E-state index is -3.80. The van der Waals surface area contributed by atoms with Gasteiger partial charge in [0.1, 0.15) is 10.7 Å². The Morgan fingerprint density at radius 1 is 1.40 bits per heavy atom. The lowest BCUT2D eigenvalue weighted by atomic mass is 10.4. The van der Waals surface area contributed by atoms with E-state index in [1.54, 1.807) is 7.05 Å². The van der Waals surface area contributed by atoms with Gasteiger partial charge in [0.05, 0.1) is 11.6 Å². The summed E-state index contributed by atoms with van der Waals surface area (Å²) in [5.74, 6) is -0.169. The lowest BCUT2D eigenvalue weighted by Gasteiger charge is -2.19. The molecule has 0 aromatic carbocycles. The van der Waals surface area contributed by atoms with Crippen molar-refractivity contribution >= 4 is 33.3 Å². The lowest BCUT2D eigenvalue weighted by Crippen LogP contribution is -2.38. The van der Waals surface area contributed by atoms with Gasteiger partial charge in [-0.3, -0.25) is 4.79 Å². The van der Waals surface area contributed by atoms with E-state index in [0.717, 1.165) is 10.5 Å². The monoisotopic (exact) mass is 318 g/mol. The fourth-order valence-electron chi connectivity index (χ4n) is 1.89. The maximum Gasteiger partial charge on any atom is 0.245 e. The van der Waals surface area contributed by atoms with Gasteiger partial charge < -0.3 is 10.6 Å². The molecule has 2 heterocycles. The van der Waals surface area contributed by atoms with Crippen molar-refractivity contribution in [1.29, 1.82) is 0 Å². The van der Waals surface area contributed by atoms with E-state index in [-0.39, 0.29) is 34.7 Å². The number of carbonyl (C=O) groups is 1. The zero-order chi connectivity index (χ0) is 14.9. The third-order valence-electron chi connectivity index (χ3n) is 3.12. The standard InChI is InChI=1S/C11H15ClN4O3S/c1-15-3-2-4-16(7-10(15)17)20(18,19)8-5-9(12)11(13)14-6-8/h5-6H,2-4,7H2,1H3,(H2,13,14). The van der Waals surface area contributed by atoms with Gasteiger partial charge in [0.25, 0.3) is 0 Å². The van der Waals surface area contributed by atoms with Crippen molar-refractivity contribution in [3.8, 4) is 0 Å². The molecule has 2 rings (SSSR count). The van der Waals surface area contributed by atoms with Crippen LogP contribution < -0.4 is 5.73 Å². The molecular formula is C11H15ClN4O3S. The smallest absolute Gasteiger partial charge is 0.245 e. The van der Waals surface area contributed by atoms with Crippen molar-refractivity contribution < 1.29 is 13.2 Å². The van der Waals surface area contributed by atoms with Crippen LogP contribution in [0, 0.1) is 0 Å². The Labute approximate surface area is 122 Å². The van der Waals surface area contributed by atoms with Gasteiger partial charge in [-0.15, -0.1) is 0 Å². The molecular weight excluding hydrogens is 304 g/mol. The van der Waals surface area contributed by atoms with Crippen molar-refractivity contribution in [3.05, 3.63) is 17.3 Å². The summed E-state index contributed by atoms with van der Waals surface area (Å²) >= 11 is 5.80. The first-order valence-corrected chi connectivity index (χ1v) is 7.79. The largest absolute Gasteiger partial charge is 0.382 e. The Morgan fingerprint density at radius 2 is 2.10 bits per heavy atom. The average molecular weight is 319 g/mol. The van der Waals surface area contributed by atoms with Gasteiger partial charge in [0.15, 0.2) is 0 Å². The Morgan fingerprint density at radius 3 is 2.75 bits per heavy atom. The molecule has 9 heteroatoms. The van der Waals surface area contributed by atoms with Gasteiger partial charge in [-0.1, -0.05) is 11.6 Å². The molecule has 110 valence electrons. The summed E-state index contributed by atoms with van der Waals surface area (Å²) in [6, 6.07) is 1.25. The molecule has 2 N–H and O–H groups in total. The number of amides is 1. The number of halogens is 1. The Kier molecular flexibility index (Phi) is 4.17. The Balaban J connectivity index is 2.34. The van der Waals surface area contributed by atoms with E-state index in [1.807, 2.05) is 0 Å². The van der Waals surface area contributed by atoms with Crippen LogP contribution in [0.4, 0.5) is 5.82 Å². The highest BCUT2D eigenvalue weighted by molar-refractivity contribution is 7.89. The summed E-state index contributed by atoms with van der Waals surface area (Å²) in [6.07, 6.45) is 1.73. The summed E-state index contributed by atoms with van der Waals surface area (Å²) in [7, 11) is -2.14. The van der Waals surface area contributed by atoms with Crippen LogP contribution in [-0.2, 0) is 14.8 Å². The maximum absolute atomic E-state index is 12.5. The van der Waals surface area contributed by atoms with E-state index < -0.39 is 10.0 Å². The second-order valence-electron chi connectivity index (χ2n) is 4.55. The number of sulfonamides is 1. The first-order chi connectivity index (χ1) is 9.32. The molecule has 1 aliphatic heterocycles. The Bertz CT molecular complexity index is 635. The highest BCUT2D eigenvalue weighted by atomic mass is 35.5. The summed E-state index contributed by atoms with van der Waals surface area (Å²) in [4.78, 5) is 17.0. The van der Waals surface area contributed by atoms with E-state index in [1.165, 1.54) is 11.0 Å². The van der Waals surface area contributed by atoms with Crippen LogP contribution in [-0.4, -0.2) is 55.2 Å². The van der Waals surface area contributed by atoms with E-state index >= 15 is 0 Å². The van der Waals surface area contributed by atoms with Gasteiger partial charge in [-0.25, -0.2) is 13.4 Å². The van der Waals surface area contributed by atoms with E-state index in [0.29, 0.717) is 13.0 Å². The predicted octanol–water partition coefficient (Wildman–Crippen LogP) is 0.170. The molecule has 0 atom stereocenters. The normalized spacial score (nSPS) is 18.1. The van der Waals surface area contributed by atoms with Crippen LogP contribution in [0.25, 0.3) is 0 Å². The number of rotatable bonds is 2. The molecule has 7 nitrogen and oxygen atoms in total.